The highest BCUT2D eigenvalue weighted by atomic mass is 16.6. The van der Waals surface area contributed by atoms with E-state index in [2.05, 4.69) is 5.10 Å². The predicted octanol–water partition coefficient (Wildman–Crippen LogP) is 4.55. The van der Waals surface area contributed by atoms with E-state index < -0.39 is 4.92 Å². The molecule has 4 rings (SSSR count). The van der Waals surface area contributed by atoms with Crippen molar-refractivity contribution in [2.24, 2.45) is 0 Å². The molecule has 1 heterocycles. The second-order valence-electron chi connectivity index (χ2n) is 7.28. The molecule has 0 bridgehead atoms. The van der Waals surface area contributed by atoms with E-state index in [0.29, 0.717) is 22.8 Å². The van der Waals surface area contributed by atoms with Gasteiger partial charge < -0.3 is 9.47 Å². The highest BCUT2D eigenvalue weighted by Crippen LogP contribution is 2.31. The lowest BCUT2D eigenvalue weighted by atomic mass is 10.00. The van der Waals surface area contributed by atoms with Gasteiger partial charge in [-0.3, -0.25) is 14.9 Å². The summed E-state index contributed by atoms with van der Waals surface area (Å²) in [5.41, 5.74) is 3.40. The van der Waals surface area contributed by atoms with Crippen LogP contribution in [0.2, 0.25) is 0 Å². The van der Waals surface area contributed by atoms with Gasteiger partial charge in [0.1, 0.15) is 11.5 Å². The lowest BCUT2D eigenvalue weighted by Gasteiger charge is -2.13. The second kappa shape index (κ2) is 9.35. The second-order valence-corrected chi connectivity index (χ2v) is 7.28. The molecular weight excluding hydrogens is 422 g/mol. The number of nitro benzene ring substituents is 1. The molecule has 0 unspecified atom stereocenters. The number of non-ortho nitro benzene ring substituents is 1. The van der Waals surface area contributed by atoms with Gasteiger partial charge in [0.05, 0.1) is 31.4 Å². The minimum atomic E-state index is -0.459. The number of ether oxygens (including phenoxy) is 2. The summed E-state index contributed by atoms with van der Waals surface area (Å²) < 4.78 is 11.9. The van der Waals surface area contributed by atoms with Crippen molar-refractivity contribution in [3.8, 4) is 33.9 Å². The Hall–Kier alpha value is -4.46. The summed E-state index contributed by atoms with van der Waals surface area (Å²) in [5.74, 6) is 1.42. The summed E-state index contributed by atoms with van der Waals surface area (Å²) >= 11 is 0. The first-order chi connectivity index (χ1) is 16.0. The fraction of sp³-hybridized carbons (Fsp3) is 0.120. The third-order valence-corrected chi connectivity index (χ3v) is 5.24. The predicted molar refractivity (Wildman–Crippen MR) is 125 cm³/mol. The normalized spacial score (nSPS) is 10.6. The van der Waals surface area contributed by atoms with Crippen molar-refractivity contribution in [2.75, 3.05) is 14.2 Å². The van der Waals surface area contributed by atoms with Gasteiger partial charge in [0.2, 0.25) is 0 Å². The van der Waals surface area contributed by atoms with Crippen molar-refractivity contribution < 1.29 is 14.4 Å². The van der Waals surface area contributed by atoms with E-state index in [1.807, 2.05) is 48.5 Å². The van der Waals surface area contributed by atoms with Crippen LogP contribution in [-0.4, -0.2) is 28.9 Å². The molecule has 8 heteroatoms. The molecule has 33 heavy (non-hydrogen) atoms. The first-order valence-corrected chi connectivity index (χ1v) is 10.1. The molecule has 0 atom stereocenters. The fourth-order valence-corrected chi connectivity index (χ4v) is 3.45. The van der Waals surface area contributed by atoms with Gasteiger partial charge >= 0.3 is 0 Å². The first kappa shape index (κ1) is 21.8. The van der Waals surface area contributed by atoms with E-state index >= 15 is 0 Å². The Morgan fingerprint density at radius 3 is 1.91 bits per heavy atom. The monoisotopic (exact) mass is 443 g/mol. The maximum Gasteiger partial charge on any atom is 0.269 e. The Morgan fingerprint density at radius 2 is 1.39 bits per heavy atom. The maximum atomic E-state index is 12.9. The van der Waals surface area contributed by atoms with Crippen molar-refractivity contribution in [1.82, 2.24) is 9.78 Å². The van der Waals surface area contributed by atoms with E-state index in [-0.39, 0.29) is 17.8 Å². The largest absolute Gasteiger partial charge is 0.497 e. The van der Waals surface area contributed by atoms with E-state index in [9.17, 15) is 14.9 Å². The molecule has 8 nitrogen and oxygen atoms in total. The molecule has 0 amide bonds. The summed E-state index contributed by atoms with van der Waals surface area (Å²) in [6.45, 7) is 0.183. The molecule has 0 aliphatic carbocycles. The molecule has 0 saturated heterocycles. The van der Waals surface area contributed by atoms with E-state index in [4.69, 9.17) is 9.47 Å². The topological polar surface area (TPSA) is 96.5 Å². The summed E-state index contributed by atoms with van der Waals surface area (Å²) in [5, 5.41) is 15.6. The maximum absolute atomic E-state index is 12.9. The third kappa shape index (κ3) is 4.74. The summed E-state index contributed by atoms with van der Waals surface area (Å²) in [7, 11) is 3.19. The number of rotatable bonds is 7. The molecule has 0 aliphatic rings. The Labute approximate surface area is 189 Å². The SMILES string of the molecule is COc1ccc(-c2cc(=O)n(Cc3ccc([N+](=O)[O-])cc3)nc2-c2ccc(OC)cc2)cc1. The first-order valence-electron chi connectivity index (χ1n) is 10.1. The van der Waals surface area contributed by atoms with Crippen LogP contribution in [0, 0.1) is 10.1 Å². The minimum Gasteiger partial charge on any atom is -0.497 e. The number of nitrogens with zero attached hydrogens (tertiary/aromatic N) is 3. The third-order valence-electron chi connectivity index (χ3n) is 5.24. The Kier molecular flexibility index (Phi) is 6.17. The number of hydrogen-bond acceptors (Lipinski definition) is 6. The quantitative estimate of drug-likeness (QED) is 0.307. The van der Waals surface area contributed by atoms with Gasteiger partial charge in [-0.05, 0) is 47.5 Å². The molecule has 4 aromatic rings. The van der Waals surface area contributed by atoms with E-state index in [0.717, 1.165) is 16.7 Å². The fourth-order valence-electron chi connectivity index (χ4n) is 3.45. The molecule has 1 aromatic heterocycles. The molecule has 0 saturated carbocycles. The highest BCUT2D eigenvalue weighted by molar-refractivity contribution is 5.80. The van der Waals surface area contributed by atoms with Crippen molar-refractivity contribution in [2.45, 2.75) is 6.54 Å². The highest BCUT2D eigenvalue weighted by Gasteiger charge is 2.14. The van der Waals surface area contributed by atoms with Crippen LogP contribution in [0.25, 0.3) is 22.4 Å². The van der Waals surface area contributed by atoms with Gasteiger partial charge in [-0.1, -0.05) is 24.3 Å². The zero-order valence-corrected chi connectivity index (χ0v) is 18.1. The molecule has 0 aliphatic heterocycles. The summed E-state index contributed by atoms with van der Waals surface area (Å²) in [6.07, 6.45) is 0. The van der Waals surface area contributed by atoms with Gasteiger partial charge in [-0.15, -0.1) is 0 Å². The molecule has 0 fully saturated rings. The average Bonchev–Trinajstić information content (AvgIpc) is 2.85. The van der Waals surface area contributed by atoms with Crippen molar-refractivity contribution in [1.29, 1.82) is 0 Å². The van der Waals surface area contributed by atoms with Gasteiger partial charge in [0, 0.05) is 29.3 Å². The Bertz CT molecular complexity index is 1330. The molecule has 166 valence electrons. The van der Waals surface area contributed by atoms with Crippen LogP contribution in [0.4, 0.5) is 5.69 Å². The van der Waals surface area contributed by atoms with Crippen molar-refractivity contribution in [3.63, 3.8) is 0 Å². The molecule has 3 aromatic carbocycles. The van der Waals surface area contributed by atoms with Gasteiger partial charge in [-0.25, -0.2) is 4.68 Å². The number of methoxy groups -OCH3 is 2. The zero-order valence-electron chi connectivity index (χ0n) is 18.1. The standard InChI is InChI=1S/C25H21N3O5/c1-32-21-11-5-18(6-12-21)23-15-24(29)27(16-17-3-9-20(10-4-17)28(30)31)26-25(23)19-7-13-22(33-2)14-8-19/h3-15H,16H2,1-2H3. The summed E-state index contributed by atoms with van der Waals surface area (Å²) in [4.78, 5) is 23.4. The van der Waals surface area contributed by atoms with Crippen molar-refractivity contribution >= 4 is 5.69 Å². The summed E-state index contributed by atoms with van der Waals surface area (Å²) in [6, 6.07) is 22.5. The molecule has 0 spiro atoms. The number of benzene rings is 3. The van der Waals surface area contributed by atoms with Gasteiger partial charge in [0.25, 0.3) is 11.2 Å². The number of hydrogen-bond donors (Lipinski definition) is 0. The van der Waals surface area contributed by atoms with Crippen LogP contribution in [0.1, 0.15) is 5.56 Å². The van der Waals surface area contributed by atoms with Gasteiger partial charge in [0.15, 0.2) is 0 Å². The minimum absolute atomic E-state index is 0.00664. The van der Waals surface area contributed by atoms with Crippen LogP contribution in [0.5, 0.6) is 11.5 Å². The van der Waals surface area contributed by atoms with Crippen molar-refractivity contribution in [3.05, 3.63) is 105 Å². The Balaban J connectivity index is 1.80. The zero-order chi connectivity index (χ0) is 23.4. The van der Waals surface area contributed by atoms with E-state index in [1.54, 1.807) is 32.4 Å². The van der Waals surface area contributed by atoms with Crippen LogP contribution >= 0.6 is 0 Å². The van der Waals surface area contributed by atoms with Crippen LogP contribution in [0.3, 0.4) is 0 Å². The lowest BCUT2D eigenvalue weighted by molar-refractivity contribution is -0.384. The molecule has 0 radical (unpaired) electrons. The van der Waals surface area contributed by atoms with Crippen LogP contribution < -0.4 is 15.0 Å². The number of aromatic nitrogens is 2. The lowest BCUT2D eigenvalue weighted by Crippen LogP contribution is -2.24. The van der Waals surface area contributed by atoms with Gasteiger partial charge in [-0.2, -0.15) is 5.10 Å². The smallest absolute Gasteiger partial charge is 0.269 e. The molecule has 0 N–H and O–H groups in total. The number of nitro groups is 1. The van der Waals surface area contributed by atoms with Crippen LogP contribution in [-0.2, 0) is 6.54 Å². The molecular formula is C25H21N3O5. The average molecular weight is 443 g/mol. The van der Waals surface area contributed by atoms with Crippen LogP contribution in [0.15, 0.2) is 83.7 Å². The van der Waals surface area contributed by atoms with E-state index in [1.165, 1.54) is 16.8 Å². The Morgan fingerprint density at radius 1 is 0.848 bits per heavy atom.